The summed E-state index contributed by atoms with van der Waals surface area (Å²) in [5, 5.41) is 117. The third-order valence-electron chi connectivity index (χ3n) is 3.76. The van der Waals surface area contributed by atoms with Crippen LogP contribution in [0.4, 0.5) is 0 Å². The molecule has 0 heterocycles. The van der Waals surface area contributed by atoms with E-state index in [1.54, 1.807) is 0 Å². The first-order valence-electron chi connectivity index (χ1n) is 9.34. The molecule has 0 unspecified atom stereocenters. The topological polar surface area (TPSA) is 422 Å². The summed E-state index contributed by atoms with van der Waals surface area (Å²) in [6.45, 7) is 0. The van der Waals surface area contributed by atoms with Crippen molar-refractivity contribution in [3.05, 3.63) is 0 Å². The van der Waals surface area contributed by atoms with Crippen molar-refractivity contribution in [3.8, 4) is 0 Å². The van der Waals surface area contributed by atoms with Gasteiger partial charge in [0.05, 0.1) is 17.9 Å². The fourth-order valence-corrected chi connectivity index (χ4v) is 2.05. The van der Waals surface area contributed by atoms with Gasteiger partial charge in [-0.3, -0.25) is 0 Å². The van der Waals surface area contributed by atoms with Crippen molar-refractivity contribution in [2.75, 3.05) is 0 Å². The van der Waals surface area contributed by atoms with Crippen LogP contribution in [0.5, 0.6) is 0 Å². The zero-order chi connectivity index (χ0) is 31.9. The maximum Gasteiger partial charge on any atom is 3.00 e. The molecule has 3 N–H and O–H groups in total. The largest absolute Gasteiger partial charge is 3.00 e. The number of aliphatic carboxylic acids is 9. The van der Waals surface area contributed by atoms with Crippen LogP contribution in [0.1, 0.15) is 38.5 Å². The molecule has 0 aromatic carbocycles. The molecule has 46 heavy (non-hydrogen) atoms. The first kappa shape index (κ1) is 70.5. The molecule has 0 aliphatic heterocycles. The van der Waals surface area contributed by atoms with Gasteiger partial charge in [0.1, 0.15) is 16.8 Å². The van der Waals surface area contributed by atoms with Crippen molar-refractivity contribution >= 4 is 123 Å². The van der Waals surface area contributed by atoms with Gasteiger partial charge in [0.25, 0.3) is 0 Å². The molecule has 0 rings (SSSR count). The van der Waals surface area contributed by atoms with Crippen LogP contribution in [0.2, 0.25) is 0 Å². The Morgan fingerprint density at radius 1 is 0.326 bits per heavy atom. The first-order chi connectivity index (χ1) is 17.3. The molecule has 246 valence electrons. The van der Waals surface area contributed by atoms with E-state index in [1.165, 1.54) is 0 Å². The second-order valence-corrected chi connectivity index (χ2v) is 7.25. The van der Waals surface area contributed by atoms with Crippen molar-refractivity contribution in [2.45, 2.75) is 55.3 Å². The zero-order valence-electron chi connectivity index (χ0n) is 22.4. The molecule has 0 fully saturated rings. The molecule has 0 aliphatic rings. The van der Waals surface area contributed by atoms with Gasteiger partial charge in [-0.15, -0.1) is 0 Å². The van der Waals surface area contributed by atoms with Crippen molar-refractivity contribution in [2.24, 2.45) is 0 Å². The predicted molar refractivity (Wildman–Crippen MR) is 111 cm³/mol. The monoisotopic (exact) mass is 780 g/mol. The third-order valence-corrected chi connectivity index (χ3v) is 3.76. The van der Waals surface area contributed by atoms with E-state index in [1.807, 2.05) is 0 Å². The Balaban J connectivity index is -0.0000000491. The van der Waals surface area contributed by atoms with Gasteiger partial charge in [-0.1, -0.05) is 0 Å². The average molecular weight is 782 g/mol. The minimum absolute atomic E-state index is 0. The van der Waals surface area contributed by atoms with Gasteiger partial charge in [0.15, 0.2) is 0 Å². The second kappa shape index (κ2) is 31.7. The predicted octanol–water partition coefficient (Wildman–Crippen LogP) is -26.3. The molecule has 0 aromatic rings. The summed E-state index contributed by atoms with van der Waals surface area (Å²) >= 11 is 0. The Hall–Kier alpha value is -1.89. The van der Waals surface area contributed by atoms with Crippen molar-refractivity contribution in [1.29, 1.82) is 0 Å². The van der Waals surface area contributed by atoms with Crippen LogP contribution in [0.3, 0.4) is 0 Å². The number of carboxylic acids is 9. The van der Waals surface area contributed by atoms with Crippen LogP contribution >= 0.6 is 0 Å². The smallest absolute Gasteiger partial charge is 1.00 e. The molecule has 0 radical (unpaired) electrons. The maximum absolute atomic E-state index is 10.1. The molecule has 0 atom stereocenters. The molecule has 28 heteroatoms. The molecule has 0 saturated heterocycles. The number of aliphatic hydroxyl groups is 3. The van der Waals surface area contributed by atoms with E-state index < -0.39 is 109 Å². The summed E-state index contributed by atoms with van der Waals surface area (Å²) in [5.74, 6) is -18.0. The molecule has 0 amide bonds. The number of halogens is 3. The number of carbonyl (C=O) groups excluding carboxylic acids is 9. The summed E-state index contributed by atoms with van der Waals surface area (Å²) in [5.41, 5.74) is -8.92. The Kier molecular flexibility index (Phi) is 48.5. The zero-order valence-corrected chi connectivity index (χ0v) is 29.3. The van der Waals surface area contributed by atoms with Crippen LogP contribution in [-0.2, 0) is 43.2 Å². The van der Waals surface area contributed by atoms with Crippen LogP contribution in [-0.4, -0.2) is 155 Å². The summed E-state index contributed by atoms with van der Waals surface area (Å²) in [6, 6.07) is 0. The summed E-state index contributed by atoms with van der Waals surface area (Å²) < 4.78 is 0. The SMILES string of the molecule is O=C([O-])CC(O)(CC(=O)[O-])C(=O)[O-].O=C([O-])CC(O)(CC(=O)[O-])C(=O)[O-].O=C([O-])CC(O)(CC(=O)[O-])C(=O)[O-].[Al+3].[Al+3].[Al+3].[Al+3].[Cl-].[Cl-].[Cl-]. The van der Waals surface area contributed by atoms with Crippen molar-refractivity contribution < 1.29 is 142 Å². The third kappa shape index (κ3) is 33.5. The van der Waals surface area contributed by atoms with E-state index in [4.69, 9.17) is 15.3 Å². The number of rotatable bonds is 15. The maximum atomic E-state index is 10.1. The molecule has 0 spiro atoms. The van der Waals surface area contributed by atoms with Gasteiger partial charge in [0.2, 0.25) is 0 Å². The molecular formula is C18H15Al4Cl3O21. The van der Waals surface area contributed by atoms with Gasteiger partial charge in [-0.2, -0.15) is 0 Å². The number of hydrogen-bond donors (Lipinski definition) is 3. The van der Waals surface area contributed by atoms with Crippen LogP contribution in [0.15, 0.2) is 0 Å². The molecule has 0 aromatic heterocycles. The Morgan fingerprint density at radius 2 is 0.413 bits per heavy atom. The normalized spacial score (nSPS) is 9.20. The second-order valence-electron chi connectivity index (χ2n) is 7.25. The van der Waals surface area contributed by atoms with E-state index in [0.717, 1.165) is 0 Å². The molecular weight excluding hydrogens is 766 g/mol. The molecule has 0 aliphatic carbocycles. The fraction of sp³-hybridized carbons (Fsp3) is 0.500. The van der Waals surface area contributed by atoms with Crippen LogP contribution in [0, 0.1) is 0 Å². The summed E-state index contributed by atoms with van der Waals surface area (Å²) in [4.78, 5) is 90.0. The number of carboxylic acid groups (broad SMARTS) is 9. The molecule has 0 saturated carbocycles. The van der Waals surface area contributed by atoms with E-state index >= 15 is 0 Å². The van der Waals surface area contributed by atoms with Gasteiger partial charge in [0, 0.05) is 74.3 Å². The van der Waals surface area contributed by atoms with Crippen molar-refractivity contribution in [3.63, 3.8) is 0 Å². The van der Waals surface area contributed by atoms with Crippen LogP contribution < -0.4 is 83.2 Å². The minimum atomic E-state index is -2.97. The molecule has 0 bridgehead atoms. The summed E-state index contributed by atoms with van der Waals surface area (Å²) in [7, 11) is 0. The van der Waals surface area contributed by atoms with E-state index in [2.05, 4.69) is 0 Å². The summed E-state index contributed by atoms with van der Waals surface area (Å²) in [6.07, 6.45) is -8.15. The number of hydrogen-bond acceptors (Lipinski definition) is 21. The average Bonchev–Trinajstić information content (AvgIpc) is 2.64. The minimum Gasteiger partial charge on any atom is -1.00 e. The first-order valence-corrected chi connectivity index (χ1v) is 9.34. The number of carbonyl (C=O) groups is 9. The Morgan fingerprint density at radius 3 is 0.457 bits per heavy atom. The fourth-order valence-electron chi connectivity index (χ4n) is 2.05. The quantitative estimate of drug-likeness (QED) is 0.130. The standard InChI is InChI=1S/3C6H8O7.4Al.3ClH/c3*7-3(8)1-6(13,5(11)12)2-4(9)10;;;;;;;/h3*13H,1-2H2,(H,7,8)(H,9,10)(H,11,12);;;;;3*1H/q;;;4*+3;;;/p-12. The van der Waals surface area contributed by atoms with E-state index in [-0.39, 0.29) is 107 Å². The Labute approximate surface area is 318 Å². The van der Waals surface area contributed by atoms with Gasteiger partial charge < -0.3 is 142 Å². The van der Waals surface area contributed by atoms with Gasteiger partial charge >= 0.3 is 69.4 Å². The van der Waals surface area contributed by atoms with E-state index in [0.29, 0.717) is 0 Å². The Bertz CT molecular complexity index is 841. The van der Waals surface area contributed by atoms with Crippen molar-refractivity contribution in [1.82, 2.24) is 0 Å². The van der Waals surface area contributed by atoms with Gasteiger partial charge in [-0.25, -0.2) is 0 Å². The van der Waals surface area contributed by atoms with Crippen LogP contribution in [0.25, 0.3) is 0 Å². The van der Waals surface area contributed by atoms with E-state index in [9.17, 15) is 89.1 Å². The molecule has 21 nitrogen and oxygen atoms in total. The van der Waals surface area contributed by atoms with Gasteiger partial charge in [-0.05, 0) is 0 Å².